The smallest absolute Gasteiger partial charge is 0.0332 e. The van der Waals surface area contributed by atoms with Crippen LogP contribution in [0, 0.1) is 0 Å². The van der Waals surface area contributed by atoms with Crippen molar-refractivity contribution in [2.75, 3.05) is 0 Å². The Morgan fingerprint density at radius 1 is 0.364 bits per heavy atom. The molecule has 0 nitrogen and oxygen atoms in total. The molecule has 0 aliphatic rings. The zero-order chi connectivity index (χ0) is 22.2. The molecule has 1 heteroatoms. The molecule has 33 heavy (non-hydrogen) atoms. The highest BCUT2D eigenvalue weighted by Crippen LogP contribution is 2.43. The molecule has 0 amide bonds. The predicted molar refractivity (Wildman–Crippen MR) is 145 cm³/mol. The minimum atomic E-state index is 1.15. The summed E-state index contributed by atoms with van der Waals surface area (Å²) in [4.78, 5) is 0. The van der Waals surface area contributed by atoms with Crippen LogP contribution in [0.1, 0.15) is 0 Å². The molecule has 6 rings (SSSR count). The van der Waals surface area contributed by atoms with Gasteiger partial charge in [0.25, 0.3) is 0 Å². The van der Waals surface area contributed by atoms with Crippen LogP contribution in [0.2, 0.25) is 0 Å². The van der Waals surface area contributed by atoms with Crippen molar-refractivity contribution in [3.63, 3.8) is 0 Å². The quantitative estimate of drug-likeness (QED) is 0.219. The first kappa shape index (κ1) is 20.0. The molecule has 0 aliphatic carbocycles. The van der Waals surface area contributed by atoms with Crippen LogP contribution >= 0.6 is 15.9 Å². The normalized spacial score (nSPS) is 11.2. The Hall–Kier alpha value is -3.68. The maximum atomic E-state index is 3.88. The van der Waals surface area contributed by atoms with E-state index < -0.39 is 0 Å². The maximum Gasteiger partial charge on any atom is 0.0332 e. The van der Waals surface area contributed by atoms with Gasteiger partial charge in [-0.05, 0) is 76.9 Å². The molecule has 6 aromatic rings. The van der Waals surface area contributed by atoms with Gasteiger partial charge in [-0.1, -0.05) is 121 Å². The number of halogens is 1. The van der Waals surface area contributed by atoms with Crippen molar-refractivity contribution in [2.45, 2.75) is 0 Å². The third-order valence-electron chi connectivity index (χ3n) is 6.34. The van der Waals surface area contributed by atoms with Gasteiger partial charge >= 0.3 is 0 Å². The monoisotopic (exact) mass is 484 g/mol. The molecule has 0 radical (unpaired) electrons. The number of hydrogen-bond acceptors (Lipinski definition) is 0. The van der Waals surface area contributed by atoms with Gasteiger partial charge < -0.3 is 0 Å². The SMILES string of the molecule is Brc1c2ccccc2c(-c2ccc(-c3ccccc3)c(-c3ccccc3)c2)c2ccccc12. The summed E-state index contributed by atoms with van der Waals surface area (Å²) in [6, 6.07) is 45.6. The lowest BCUT2D eigenvalue weighted by Gasteiger charge is -2.17. The van der Waals surface area contributed by atoms with E-state index in [-0.39, 0.29) is 0 Å². The van der Waals surface area contributed by atoms with Crippen molar-refractivity contribution < 1.29 is 0 Å². The van der Waals surface area contributed by atoms with Crippen molar-refractivity contribution >= 4 is 37.5 Å². The first-order valence-electron chi connectivity index (χ1n) is 11.2. The fourth-order valence-electron chi connectivity index (χ4n) is 4.81. The summed E-state index contributed by atoms with van der Waals surface area (Å²) in [6.45, 7) is 0. The average Bonchev–Trinajstić information content (AvgIpc) is 2.90. The first-order chi connectivity index (χ1) is 16.3. The highest BCUT2D eigenvalue weighted by atomic mass is 79.9. The molecule has 0 bridgehead atoms. The highest BCUT2D eigenvalue weighted by molar-refractivity contribution is 9.10. The van der Waals surface area contributed by atoms with Crippen molar-refractivity contribution in [2.24, 2.45) is 0 Å². The zero-order valence-electron chi connectivity index (χ0n) is 18.0. The second kappa shape index (κ2) is 8.35. The Balaban J connectivity index is 1.70. The van der Waals surface area contributed by atoms with E-state index in [0.29, 0.717) is 0 Å². The summed E-state index contributed by atoms with van der Waals surface area (Å²) in [7, 11) is 0. The largest absolute Gasteiger partial charge is 0.0622 e. The molecule has 0 heterocycles. The van der Waals surface area contributed by atoms with E-state index in [4.69, 9.17) is 0 Å². The molecule has 156 valence electrons. The summed E-state index contributed by atoms with van der Waals surface area (Å²) < 4.78 is 1.15. The van der Waals surface area contributed by atoms with E-state index in [0.717, 1.165) is 4.47 Å². The third kappa shape index (κ3) is 3.46. The summed E-state index contributed by atoms with van der Waals surface area (Å²) >= 11 is 3.88. The minimum Gasteiger partial charge on any atom is -0.0622 e. The number of fused-ring (bicyclic) bond motifs is 2. The first-order valence-corrected chi connectivity index (χ1v) is 11.9. The summed E-state index contributed by atoms with van der Waals surface area (Å²) in [5, 5.41) is 4.99. The highest BCUT2D eigenvalue weighted by Gasteiger charge is 2.16. The molecule has 0 unspecified atom stereocenters. The van der Waals surface area contributed by atoms with E-state index in [1.165, 1.54) is 54.9 Å². The van der Waals surface area contributed by atoms with Crippen molar-refractivity contribution in [3.05, 3.63) is 132 Å². The second-order valence-electron chi connectivity index (χ2n) is 8.27. The molecule has 0 aromatic heterocycles. The van der Waals surface area contributed by atoms with Crippen LogP contribution in [-0.2, 0) is 0 Å². The van der Waals surface area contributed by atoms with Crippen molar-refractivity contribution in [1.82, 2.24) is 0 Å². The minimum absolute atomic E-state index is 1.15. The van der Waals surface area contributed by atoms with Gasteiger partial charge in [0.2, 0.25) is 0 Å². The lowest BCUT2D eigenvalue weighted by Crippen LogP contribution is -1.90. The summed E-state index contributed by atoms with van der Waals surface area (Å²) in [6.07, 6.45) is 0. The standard InChI is InChI=1S/C32H21Br/c33-32-28-17-9-7-15-26(28)31(27-16-8-10-18-29(27)32)24-19-20-25(22-11-3-1-4-12-22)30(21-24)23-13-5-2-6-14-23/h1-21H. The van der Waals surface area contributed by atoms with Gasteiger partial charge in [-0.3, -0.25) is 0 Å². The van der Waals surface area contributed by atoms with Crippen LogP contribution in [0.4, 0.5) is 0 Å². The van der Waals surface area contributed by atoms with Gasteiger partial charge in [-0.25, -0.2) is 0 Å². The van der Waals surface area contributed by atoms with Gasteiger partial charge in [0.15, 0.2) is 0 Å². The van der Waals surface area contributed by atoms with E-state index in [2.05, 4.69) is 143 Å². The van der Waals surface area contributed by atoms with Gasteiger partial charge in [0, 0.05) is 4.47 Å². The maximum absolute atomic E-state index is 3.88. The Kier molecular flexibility index (Phi) is 5.05. The molecule has 6 aromatic carbocycles. The lowest BCUT2D eigenvalue weighted by atomic mass is 9.87. The number of hydrogen-bond donors (Lipinski definition) is 0. The van der Waals surface area contributed by atoms with E-state index in [1.54, 1.807) is 0 Å². The Labute approximate surface area is 202 Å². The third-order valence-corrected chi connectivity index (χ3v) is 7.20. The van der Waals surface area contributed by atoms with Crippen molar-refractivity contribution in [3.8, 4) is 33.4 Å². The fourth-order valence-corrected chi connectivity index (χ4v) is 5.50. The molecular weight excluding hydrogens is 464 g/mol. The molecular formula is C32H21Br. The zero-order valence-corrected chi connectivity index (χ0v) is 19.6. The van der Waals surface area contributed by atoms with Crippen LogP contribution in [-0.4, -0.2) is 0 Å². The second-order valence-corrected chi connectivity index (χ2v) is 9.07. The van der Waals surface area contributed by atoms with Gasteiger partial charge in [-0.15, -0.1) is 0 Å². The van der Waals surface area contributed by atoms with E-state index >= 15 is 0 Å². The van der Waals surface area contributed by atoms with Crippen LogP contribution in [0.3, 0.4) is 0 Å². The van der Waals surface area contributed by atoms with E-state index in [9.17, 15) is 0 Å². The predicted octanol–water partition coefficient (Wildman–Crippen LogP) is 9.76. The lowest BCUT2D eigenvalue weighted by molar-refractivity contribution is 1.58. The number of benzene rings is 6. The molecule has 0 saturated heterocycles. The molecule has 0 spiro atoms. The summed E-state index contributed by atoms with van der Waals surface area (Å²) in [5.74, 6) is 0. The molecule has 0 atom stereocenters. The molecule has 0 saturated carbocycles. The Morgan fingerprint density at radius 3 is 1.36 bits per heavy atom. The molecule has 0 aliphatic heterocycles. The number of rotatable bonds is 3. The molecule has 0 fully saturated rings. The van der Waals surface area contributed by atoms with Crippen molar-refractivity contribution in [1.29, 1.82) is 0 Å². The Bertz CT molecular complexity index is 1540. The van der Waals surface area contributed by atoms with E-state index in [1.807, 2.05) is 0 Å². The van der Waals surface area contributed by atoms with Gasteiger partial charge in [0.05, 0.1) is 0 Å². The topological polar surface area (TPSA) is 0 Å². The Morgan fingerprint density at radius 2 is 0.818 bits per heavy atom. The van der Waals surface area contributed by atoms with Crippen LogP contribution in [0.25, 0.3) is 54.9 Å². The van der Waals surface area contributed by atoms with Crippen LogP contribution in [0.15, 0.2) is 132 Å². The average molecular weight is 485 g/mol. The van der Waals surface area contributed by atoms with Gasteiger partial charge in [0.1, 0.15) is 0 Å². The molecule has 0 N–H and O–H groups in total. The van der Waals surface area contributed by atoms with Gasteiger partial charge in [-0.2, -0.15) is 0 Å². The van der Waals surface area contributed by atoms with Crippen LogP contribution < -0.4 is 0 Å². The summed E-state index contributed by atoms with van der Waals surface area (Å²) in [5.41, 5.74) is 7.46. The fraction of sp³-hybridized carbons (Fsp3) is 0. The van der Waals surface area contributed by atoms with Crippen LogP contribution in [0.5, 0.6) is 0 Å².